The lowest BCUT2D eigenvalue weighted by Crippen LogP contribution is -2.82. The maximum atomic E-state index is 14.1. The molecular weight excluding hydrogens is 702 g/mol. The Hall–Kier alpha value is -4.18. The SMILES string of the molecule is CC(=O)NC(c1ccccc1)C(O)C(=O)OC1CC2(O)C(OC(=O)c3ccccc3)C3C4(OC(C)=O)COC4CC(O)[C@@]3(C)C(O)C(O)C(=C1C)C2(C)C. The molecule has 2 aromatic carbocycles. The van der Waals surface area contributed by atoms with Crippen LogP contribution in [0.4, 0.5) is 0 Å². The van der Waals surface area contributed by atoms with E-state index < -0.39 is 107 Å². The normalized spacial score (nSPS) is 36.4. The summed E-state index contributed by atoms with van der Waals surface area (Å²) in [6.45, 7) is 8.41. The van der Waals surface area contributed by atoms with Crippen molar-refractivity contribution in [2.45, 2.75) is 114 Å². The minimum absolute atomic E-state index is 0.0543. The van der Waals surface area contributed by atoms with Crippen molar-refractivity contribution < 1.29 is 63.7 Å². The zero-order valence-electron chi connectivity index (χ0n) is 31.1. The first kappa shape index (κ1) is 39.5. The average Bonchev–Trinajstić information content (AvgIpc) is 3.12. The summed E-state index contributed by atoms with van der Waals surface area (Å²) in [5.74, 6) is -4.71. The van der Waals surface area contributed by atoms with E-state index in [2.05, 4.69) is 5.32 Å². The molecule has 54 heavy (non-hydrogen) atoms. The molecule has 2 bridgehead atoms. The van der Waals surface area contributed by atoms with Crippen LogP contribution in [0.25, 0.3) is 0 Å². The summed E-state index contributed by atoms with van der Waals surface area (Å²) in [7, 11) is 0. The van der Waals surface area contributed by atoms with Crippen LogP contribution in [-0.2, 0) is 33.3 Å². The molecule has 1 aliphatic heterocycles. The van der Waals surface area contributed by atoms with Gasteiger partial charge in [-0.2, -0.15) is 0 Å². The number of fused-ring (bicyclic) bond motifs is 5. The van der Waals surface area contributed by atoms with E-state index >= 15 is 0 Å². The van der Waals surface area contributed by atoms with Gasteiger partial charge >= 0.3 is 17.9 Å². The quantitative estimate of drug-likeness (QED) is 0.129. The van der Waals surface area contributed by atoms with Crippen molar-refractivity contribution in [2.75, 3.05) is 6.61 Å². The topological polar surface area (TPSA) is 218 Å². The van der Waals surface area contributed by atoms with Gasteiger partial charge < -0.3 is 49.8 Å². The predicted octanol–water partition coefficient (Wildman–Crippen LogP) is 1.66. The third kappa shape index (κ3) is 6.13. The van der Waals surface area contributed by atoms with E-state index in [-0.39, 0.29) is 29.7 Å². The van der Waals surface area contributed by atoms with Crippen LogP contribution < -0.4 is 5.32 Å². The molecule has 3 aliphatic carbocycles. The number of rotatable bonds is 8. The average molecular weight is 752 g/mol. The first-order valence-electron chi connectivity index (χ1n) is 18.1. The summed E-state index contributed by atoms with van der Waals surface area (Å²) in [5.41, 5.74) is -6.46. The van der Waals surface area contributed by atoms with Gasteiger partial charge in [0.15, 0.2) is 11.7 Å². The highest BCUT2D eigenvalue weighted by Gasteiger charge is 2.77. The molecule has 2 saturated carbocycles. The fourth-order valence-corrected chi connectivity index (χ4v) is 9.57. The molecule has 11 unspecified atom stereocenters. The van der Waals surface area contributed by atoms with E-state index in [1.54, 1.807) is 69.3 Å². The molecule has 14 heteroatoms. The second-order valence-electron chi connectivity index (χ2n) is 15.8. The highest BCUT2D eigenvalue weighted by atomic mass is 16.6. The zero-order chi connectivity index (χ0) is 39.5. The van der Waals surface area contributed by atoms with Gasteiger partial charge in [-0.1, -0.05) is 69.3 Å². The maximum Gasteiger partial charge on any atom is 0.338 e. The Morgan fingerprint density at radius 3 is 2.09 bits per heavy atom. The maximum absolute atomic E-state index is 14.1. The first-order valence-corrected chi connectivity index (χ1v) is 18.1. The van der Waals surface area contributed by atoms with E-state index in [1.165, 1.54) is 32.9 Å². The monoisotopic (exact) mass is 751 g/mol. The molecular formula is C40H49NO13. The minimum atomic E-state index is -2.28. The van der Waals surface area contributed by atoms with Crippen LogP contribution in [0.3, 0.4) is 0 Å². The number of hydrogen-bond acceptors (Lipinski definition) is 13. The molecule has 6 rings (SSSR count). The van der Waals surface area contributed by atoms with Gasteiger partial charge in [0.25, 0.3) is 0 Å². The second kappa shape index (κ2) is 14.2. The highest BCUT2D eigenvalue weighted by Crippen LogP contribution is 2.65. The van der Waals surface area contributed by atoms with E-state index in [4.69, 9.17) is 18.9 Å². The van der Waals surface area contributed by atoms with Crippen LogP contribution in [0.1, 0.15) is 76.3 Å². The molecule has 14 nitrogen and oxygen atoms in total. The molecule has 1 heterocycles. The van der Waals surface area contributed by atoms with Gasteiger partial charge in [0, 0.05) is 37.5 Å². The fraction of sp³-hybridized carbons (Fsp3) is 0.550. The summed E-state index contributed by atoms with van der Waals surface area (Å²) >= 11 is 0. The smallest absolute Gasteiger partial charge is 0.338 e. The number of benzene rings is 2. The molecule has 0 spiro atoms. The second-order valence-corrected chi connectivity index (χ2v) is 15.8. The Kier molecular flexibility index (Phi) is 10.4. The van der Waals surface area contributed by atoms with Gasteiger partial charge in [-0.3, -0.25) is 9.59 Å². The number of carbonyl (C=O) groups excluding carboxylic acids is 4. The molecule has 3 fully saturated rings. The Balaban J connectivity index is 1.52. The van der Waals surface area contributed by atoms with E-state index in [0.717, 1.165) is 0 Å². The van der Waals surface area contributed by atoms with Crippen LogP contribution in [0.15, 0.2) is 71.8 Å². The Morgan fingerprint density at radius 1 is 0.926 bits per heavy atom. The Morgan fingerprint density at radius 2 is 1.54 bits per heavy atom. The van der Waals surface area contributed by atoms with E-state index in [1.807, 2.05) is 0 Å². The van der Waals surface area contributed by atoms with Crippen molar-refractivity contribution in [2.24, 2.45) is 16.7 Å². The number of nitrogens with one attached hydrogen (secondary N) is 1. The van der Waals surface area contributed by atoms with Crippen molar-refractivity contribution >= 4 is 23.8 Å². The highest BCUT2D eigenvalue weighted by molar-refractivity contribution is 5.89. The number of amides is 1. The van der Waals surface area contributed by atoms with Crippen molar-refractivity contribution in [3.05, 3.63) is 82.9 Å². The van der Waals surface area contributed by atoms with E-state index in [9.17, 15) is 44.7 Å². The lowest BCUT2D eigenvalue weighted by molar-refractivity contribution is -0.365. The van der Waals surface area contributed by atoms with Gasteiger partial charge in [0.2, 0.25) is 5.91 Å². The first-order chi connectivity index (χ1) is 25.3. The molecule has 0 radical (unpaired) electrons. The lowest BCUT2D eigenvalue weighted by atomic mass is 9.44. The summed E-state index contributed by atoms with van der Waals surface area (Å²) < 4.78 is 24.1. The van der Waals surface area contributed by atoms with Gasteiger partial charge in [0.1, 0.15) is 30.0 Å². The minimum Gasteiger partial charge on any atom is -0.456 e. The number of aliphatic hydroxyl groups is 5. The summed E-state index contributed by atoms with van der Waals surface area (Å²) in [6.07, 6.45) is -11.6. The molecule has 2 aromatic rings. The Labute approximate surface area is 313 Å². The van der Waals surface area contributed by atoms with Gasteiger partial charge in [-0.25, -0.2) is 9.59 Å². The van der Waals surface area contributed by atoms with Crippen LogP contribution in [0.2, 0.25) is 0 Å². The van der Waals surface area contributed by atoms with Crippen molar-refractivity contribution in [1.29, 1.82) is 0 Å². The van der Waals surface area contributed by atoms with Crippen molar-refractivity contribution in [1.82, 2.24) is 5.32 Å². The summed E-state index contributed by atoms with van der Waals surface area (Å²) in [6, 6.07) is 15.0. The molecule has 1 saturated heterocycles. The zero-order valence-corrected chi connectivity index (χ0v) is 31.1. The van der Waals surface area contributed by atoms with Crippen LogP contribution in [-0.4, -0.2) is 110 Å². The van der Waals surface area contributed by atoms with E-state index in [0.29, 0.717) is 5.56 Å². The van der Waals surface area contributed by atoms with Crippen LogP contribution in [0, 0.1) is 16.7 Å². The van der Waals surface area contributed by atoms with Gasteiger partial charge in [-0.05, 0) is 35.8 Å². The number of ether oxygens (including phenoxy) is 4. The summed E-state index contributed by atoms with van der Waals surface area (Å²) in [4.78, 5) is 52.9. The van der Waals surface area contributed by atoms with Crippen molar-refractivity contribution in [3.63, 3.8) is 0 Å². The standard InChI is InChI=1S/C40H49NO13/c1-20-25(52-36(49)31(46)29(41-21(2)42)23-13-9-7-10-14-23)18-40(50)34(53-35(48)24-15-11-8-12-16-24)32-38(6,33(47)30(45)28(20)37(40,4)5)26(44)17-27-39(32,19-51-27)54-22(3)43/h7-16,25-27,29-34,44-47,50H,17-19H2,1-6H3,(H,41,42)/t25?,26?,27?,29?,30?,31?,32?,33?,34?,38-,39?,40?/m1/s1. The van der Waals surface area contributed by atoms with Crippen LogP contribution >= 0.6 is 0 Å². The Bertz CT molecular complexity index is 1820. The molecule has 12 atom stereocenters. The third-order valence-electron chi connectivity index (χ3n) is 12.5. The molecule has 4 aliphatic rings. The molecule has 0 aromatic heterocycles. The number of esters is 3. The van der Waals surface area contributed by atoms with Gasteiger partial charge in [-0.15, -0.1) is 0 Å². The van der Waals surface area contributed by atoms with Crippen LogP contribution in [0.5, 0.6) is 0 Å². The van der Waals surface area contributed by atoms with Gasteiger partial charge in [0.05, 0.1) is 36.3 Å². The number of carbonyl (C=O) groups is 4. The molecule has 6 N–H and O–H groups in total. The van der Waals surface area contributed by atoms with Crippen molar-refractivity contribution in [3.8, 4) is 0 Å². The predicted molar refractivity (Wildman–Crippen MR) is 189 cm³/mol. The number of hydrogen-bond donors (Lipinski definition) is 6. The fourth-order valence-electron chi connectivity index (χ4n) is 9.57. The summed E-state index contributed by atoms with van der Waals surface area (Å²) in [5, 5.41) is 63.6. The third-order valence-corrected chi connectivity index (χ3v) is 12.5. The molecule has 292 valence electrons. The lowest BCUT2D eigenvalue weighted by Gasteiger charge is -2.69. The molecule has 1 amide bonds. The number of aliphatic hydroxyl groups excluding tert-OH is 4. The largest absolute Gasteiger partial charge is 0.456 e.